The van der Waals surface area contributed by atoms with Crippen LogP contribution in [-0.4, -0.2) is 0 Å². The fourth-order valence-electron chi connectivity index (χ4n) is 8.26. The predicted molar refractivity (Wildman–Crippen MR) is 221 cm³/mol. The van der Waals surface area contributed by atoms with Crippen LogP contribution in [0.5, 0.6) is 0 Å². The third-order valence-electron chi connectivity index (χ3n) is 11.0. The van der Waals surface area contributed by atoms with Crippen molar-refractivity contribution in [2.24, 2.45) is 0 Å². The van der Waals surface area contributed by atoms with Crippen LogP contribution >= 0.6 is 0 Å². The second-order valence-electron chi connectivity index (χ2n) is 14.5. The summed E-state index contributed by atoms with van der Waals surface area (Å²) in [6, 6.07) is 64.1. The molecule has 0 amide bonds. The van der Waals surface area contributed by atoms with Crippen LogP contribution in [0.25, 0.3) is 50.1 Å². The molecule has 1 heteroatoms. The number of hydrogen-bond acceptors (Lipinski definition) is 1. The Hall–Kier alpha value is -6.18. The fourth-order valence-corrected chi connectivity index (χ4v) is 8.26. The molecule has 0 radical (unpaired) electrons. The molecule has 2 aliphatic rings. The lowest BCUT2D eigenvalue weighted by Crippen LogP contribution is -2.18. The summed E-state index contributed by atoms with van der Waals surface area (Å²) in [6.45, 7) is 4.76. The zero-order valence-corrected chi connectivity index (χ0v) is 29.8. The minimum atomic E-state index is -0.0132. The molecule has 0 atom stereocenters. The van der Waals surface area contributed by atoms with Gasteiger partial charge in [0.1, 0.15) is 0 Å². The lowest BCUT2D eigenvalue weighted by atomic mass is 9.80. The number of fused-ring (bicyclic) bond motifs is 2. The summed E-state index contributed by atoms with van der Waals surface area (Å²) in [4.78, 5) is 2.39. The molecule has 0 bridgehead atoms. The second kappa shape index (κ2) is 13.2. The summed E-state index contributed by atoms with van der Waals surface area (Å²) in [5.41, 5.74) is 19.1. The van der Waals surface area contributed by atoms with Gasteiger partial charge in [-0.2, -0.15) is 0 Å². The van der Waals surface area contributed by atoms with E-state index in [4.69, 9.17) is 0 Å². The summed E-state index contributed by atoms with van der Waals surface area (Å²) >= 11 is 0. The number of para-hydroxylation sites is 1. The van der Waals surface area contributed by atoms with Crippen molar-refractivity contribution in [3.05, 3.63) is 205 Å². The molecule has 52 heavy (non-hydrogen) atoms. The van der Waals surface area contributed by atoms with Gasteiger partial charge in [0.2, 0.25) is 0 Å². The average Bonchev–Trinajstić information content (AvgIpc) is 3.44. The van der Waals surface area contributed by atoms with Crippen molar-refractivity contribution >= 4 is 22.6 Å². The van der Waals surface area contributed by atoms with E-state index in [1.807, 2.05) is 0 Å². The SMILES string of the molecule is CC1(C)C2=C(CCC=C2)c2ccc(N(c3ccccc3)c3ccc(-c4ccc(-c5cc(-c6ccccc6)ccc5-c5ccccc5)cc4)cc3)cc21. The molecule has 0 unspecified atom stereocenters. The maximum Gasteiger partial charge on any atom is 0.0465 e. The number of rotatable bonds is 7. The van der Waals surface area contributed by atoms with Gasteiger partial charge in [-0.15, -0.1) is 0 Å². The molecular formula is C51H41N. The Bertz CT molecular complexity index is 2430. The monoisotopic (exact) mass is 667 g/mol. The molecule has 0 aromatic heterocycles. The van der Waals surface area contributed by atoms with E-state index in [1.54, 1.807) is 0 Å². The molecule has 7 aromatic carbocycles. The highest BCUT2D eigenvalue weighted by molar-refractivity contribution is 5.89. The molecule has 9 rings (SSSR count). The molecule has 250 valence electrons. The van der Waals surface area contributed by atoms with Crippen LogP contribution in [0, 0.1) is 0 Å². The number of nitrogens with zero attached hydrogens (tertiary/aromatic N) is 1. The normalized spacial score (nSPS) is 14.2. The topological polar surface area (TPSA) is 3.24 Å². The van der Waals surface area contributed by atoms with Gasteiger partial charge in [0.25, 0.3) is 0 Å². The van der Waals surface area contributed by atoms with Crippen LogP contribution in [0.4, 0.5) is 17.1 Å². The molecular weight excluding hydrogens is 627 g/mol. The van der Waals surface area contributed by atoms with Gasteiger partial charge in [0.05, 0.1) is 0 Å². The van der Waals surface area contributed by atoms with Crippen molar-refractivity contribution in [1.82, 2.24) is 0 Å². The first-order valence-electron chi connectivity index (χ1n) is 18.4. The first-order valence-corrected chi connectivity index (χ1v) is 18.4. The van der Waals surface area contributed by atoms with Crippen LogP contribution in [0.2, 0.25) is 0 Å². The van der Waals surface area contributed by atoms with E-state index in [0.717, 1.165) is 24.2 Å². The highest BCUT2D eigenvalue weighted by Gasteiger charge is 2.37. The van der Waals surface area contributed by atoms with Gasteiger partial charge in [-0.3, -0.25) is 0 Å². The number of allylic oxidation sites excluding steroid dienone is 4. The minimum Gasteiger partial charge on any atom is -0.310 e. The molecule has 1 nitrogen and oxygen atoms in total. The number of benzene rings is 7. The molecule has 0 heterocycles. The average molecular weight is 668 g/mol. The van der Waals surface area contributed by atoms with E-state index in [2.05, 4.69) is 207 Å². The zero-order chi connectivity index (χ0) is 35.1. The van der Waals surface area contributed by atoms with E-state index in [9.17, 15) is 0 Å². The molecule has 0 aliphatic heterocycles. The molecule has 0 N–H and O–H groups in total. The third-order valence-corrected chi connectivity index (χ3v) is 11.0. The van der Waals surface area contributed by atoms with Crippen molar-refractivity contribution < 1.29 is 0 Å². The zero-order valence-electron chi connectivity index (χ0n) is 29.8. The van der Waals surface area contributed by atoms with Crippen molar-refractivity contribution in [1.29, 1.82) is 0 Å². The number of anilines is 3. The van der Waals surface area contributed by atoms with E-state index in [-0.39, 0.29) is 5.41 Å². The highest BCUT2D eigenvalue weighted by Crippen LogP contribution is 2.51. The summed E-state index contributed by atoms with van der Waals surface area (Å²) in [6.07, 6.45) is 6.95. The third kappa shape index (κ3) is 5.69. The lowest BCUT2D eigenvalue weighted by molar-refractivity contribution is 0.651. The van der Waals surface area contributed by atoms with E-state index >= 15 is 0 Å². The van der Waals surface area contributed by atoms with Gasteiger partial charge in [0, 0.05) is 22.5 Å². The Morgan fingerprint density at radius 1 is 0.423 bits per heavy atom. The van der Waals surface area contributed by atoms with Gasteiger partial charge >= 0.3 is 0 Å². The second-order valence-corrected chi connectivity index (χ2v) is 14.5. The first kappa shape index (κ1) is 31.8. The van der Waals surface area contributed by atoms with Crippen LogP contribution in [-0.2, 0) is 5.41 Å². The van der Waals surface area contributed by atoms with Crippen LogP contribution < -0.4 is 4.90 Å². The summed E-state index contributed by atoms with van der Waals surface area (Å²) in [7, 11) is 0. The molecule has 0 spiro atoms. The van der Waals surface area contributed by atoms with Crippen molar-refractivity contribution in [3.63, 3.8) is 0 Å². The van der Waals surface area contributed by atoms with Gasteiger partial charge in [-0.05, 0) is 122 Å². The van der Waals surface area contributed by atoms with Gasteiger partial charge in [-0.1, -0.05) is 159 Å². The Labute approximate surface area is 307 Å². The van der Waals surface area contributed by atoms with Crippen LogP contribution in [0.15, 0.2) is 194 Å². The molecule has 2 aliphatic carbocycles. The van der Waals surface area contributed by atoms with Crippen LogP contribution in [0.3, 0.4) is 0 Å². The minimum absolute atomic E-state index is 0.0132. The van der Waals surface area contributed by atoms with E-state index in [0.29, 0.717) is 0 Å². The quantitative estimate of drug-likeness (QED) is 0.164. The summed E-state index contributed by atoms with van der Waals surface area (Å²) in [5, 5.41) is 0. The smallest absolute Gasteiger partial charge is 0.0465 e. The Morgan fingerprint density at radius 2 is 0.923 bits per heavy atom. The predicted octanol–water partition coefficient (Wildman–Crippen LogP) is 14.2. The Kier molecular flexibility index (Phi) is 8.05. The maximum absolute atomic E-state index is 2.43. The van der Waals surface area contributed by atoms with E-state index < -0.39 is 0 Å². The molecule has 0 fully saturated rings. The summed E-state index contributed by atoms with van der Waals surface area (Å²) in [5.74, 6) is 0. The number of hydrogen-bond donors (Lipinski definition) is 0. The van der Waals surface area contributed by atoms with Gasteiger partial charge in [-0.25, -0.2) is 0 Å². The Morgan fingerprint density at radius 3 is 1.62 bits per heavy atom. The largest absolute Gasteiger partial charge is 0.310 e. The van der Waals surface area contributed by atoms with Crippen LogP contribution in [0.1, 0.15) is 37.8 Å². The molecule has 0 saturated carbocycles. The van der Waals surface area contributed by atoms with Gasteiger partial charge in [0.15, 0.2) is 0 Å². The van der Waals surface area contributed by atoms with Crippen molar-refractivity contribution in [3.8, 4) is 44.5 Å². The van der Waals surface area contributed by atoms with E-state index in [1.165, 1.54) is 72.5 Å². The van der Waals surface area contributed by atoms with Gasteiger partial charge < -0.3 is 4.90 Å². The standard InChI is InChI=1S/C51H41N/c1-51(2)49-21-13-12-20-46(49)47-33-31-44(35-50(47)51)52(42-18-10-5-11-19-42)43-29-26-38(27-30-43)37-22-24-40(25-23-37)48-34-41(36-14-6-3-7-15-36)28-32-45(48)39-16-8-4-9-17-39/h3-11,13-19,21-35H,12,20H2,1-2H3. The highest BCUT2D eigenvalue weighted by atomic mass is 15.1. The maximum atomic E-state index is 2.43. The summed E-state index contributed by atoms with van der Waals surface area (Å²) < 4.78 is 0. The first-order chi connectivity index (χ1) is 25.5. The Balaban J connectivity index is 1.05. The lowest BCUT2D eigenvalue weighted by Gasteiger charge is -2.28. The van der Waals surface area contributed by atoms with Crippen molar-refractivity contribution in [2.45, 2.75) is 32.1 Å². The fraction of sp³-hybridized carbons (Fsp3) is 0.0980. The molecule has 0 saturated heterocycles. The van der Waals surface area contributed by atoms with Crippen molar-refractivity contribution in [2.75, 3.05) is 4.90 Å². The molecule has 7 aromatic rings.